The quantitative estimate of drug-likeness (QED) is 0.447. The van der Waals surface area contributed by atoms with Gasteiger partial charge in [-0.3, -0.25) is 0 Å². The van der Waals surface area contributed by atoms with Crippen molar-refractivity contribution in [2.45, 2.75) is 102 Å². The molecule has 0 radical (unpaired) electrons. The van der Waals surface area contributed by atoms with E-state index in [1.165, 1.54) is 37.0 Å². The van der Waals surface area contributed by atoms with Crippen LogP contribution < -0.4 is 0 Å². The summed E-state index contributed by atoms with van der Waals surface area (Å²) in [4.78, 5) is 0. The van der Waals surface area contributed by atoms with Crippen LogP contribution in [-0.4, -0.2) is 23.6 Å². The van der Waals surface area contributed by atoms with Gasteiger partial charge in [0.05, 0.1) is 23.6 Å². The third kappa shape index (κ3) is 3.75. The summed E-state index contributed by atoms with van der Waals surface area (Å²) < 4.78 is 0. The van der Waals surface area contributed by atoms with Crippen LogP contribution in [0.25, 0.3) is 0 Å². The second-order valence-electron chi connectivity index (χ2n) is 7.13. The van der Waals surface area contributed by atoms with Crippen molar-refractivity contribution < 1.29 is 0 Å². The van der Waals surface area contributed by atoms with Gasteiger partial charge in [-0.25, -0.2) is 0 Å². The first kappa shape index (κ1) is 15.8. The van der Waals surface area contributed by atoms with Crippen molar-refractivity contribution >= 4 is 7.26 Å². The predicted octanol–water partition coefficient (Wildman–Crippen LogP) is 6.49. The zero-order chi connectivity index (χ0) is 13.6. The molecule has 2 fully saturated rings. The highest BCUT2D eigenvalue weighted by molar-refractivity contribution is 7.77. The molecule has 0 aromatic heterocycles. The molecular formula is C18H36P+. The molecule has 19 heavy (non-hydrogen) atoms. The molecule has 0 spiro atoms. The zero-order valence-electron chi connectivity index (χ0n) is 13.5. The summed E-state index contributed by atoms with van der Waals surface area (Å²) in [5.41, 5.74) is 2.40. The number of hydrogen-bond donors (Lipinski definition) is 0. The third-order valence-electron chi connectivity index (χ3n) is 5.96. The Balaban J connectivity index is 2.13. The molecular weight excluding hydrogens is 247 g/mol. The third-order valence-corrected chi connectivity index (χ3v) is 12.2. The lowest BCUT2D eigenvalue weighted by Gasteiger charge is -2.38. The van der Waals surface area contributed by atoms with Gasteiger partial charge in [0.15, 0.2) is 0 Å². The van der Waals surface area contributed by atoms with E-state index < -0.39 is 7.26 Å². The van der Waals surface area contributed by atoms with E-state index in [2.05, 4.69) is 13.8 Å². The van der Waals surface area contributed by atoms with Crippen molar-refractivity contribution in [2.24, 2.45) is 0 Å². The van der Waals surface area contributed by atoms with Gasteiger partial charge in [-0.1, -0.05) is 26.7 Å². The normalized spacial score (nSPS) is 22.4. The van der Waals surface area contributed by atoms with Gasteiger partial charge in [-0.2, -0.15) is 0 Å². The van der Waals surface area contributed by atoms with Crippen LogP contribution in [0.3, 0.4) is 0 Å². The number of rotatable bonds is 8. The lowest BCUT2D eigenvalue weighted by molar-refractivity contribution is 0.761. The molecule has 2 aliphatic carbocycles. The Labute approximate surface area is 122 Å². The van der Waals surface area contributed by atoms with Crippen LogP contribution in [0.5, 0.6) is 0 Å². The Morgan fingerprint density at radius 3 is 1.37 bits per heavy atom. The number of unbranched alkanes of at least 4 members (excludes halogenated alkanes) is 2. The molecule has 0 saturated heterocycles. The van der Waals surface area contributed by atoms with Crippen LogP contribution in [0.15, 0.2) is 0 Å². The summed E-state index contributed by atoms with van der Waals surface area (Å²) in [6, 6.07) is 0. The SMILES string of the molecule is CCCC[P+](CCCC)(C1CCCC1)C1CCCC1. The molecule has 0 atom stereocenters. The van der Waals surface area contributed by atoms with E-state index in [-0.39, 0.29) is 0 Å². The first-order valence-corrected chi connectivity index (χ1v) is 11.5. The lowest BCUT2D eigenvalue weighted by Crippen LogP contribution is -2.26. The molecule has 0 unspecified atom stereocenters. The summed E-state index contributed by atoms with van der Waals surface area (Å²) in [7, 11) is -0.624. The van der Waals surface area contributed by atoms with Gasteiger partial charge in [0, 0.05) is 7.26 Å². The van der Waals surface area contributed by atoms with Crippen LogP contribution in [0, 0.1) is 0 Å². The van der Waals surface area contributed by atoms with E-state index in [0.29, 0.717) is 0 Å². The number of hydrogen-bond acceptors (Lipinski definition) is 0. The highest BCUT2D eigenvalue weighted by atomic mass is 31.2. The van der Waals surface area contributed by atoms with Gasteiger partial charge >= 0.3 is 0 Å². The van der Waals surface area contributed by atoms with Crippen LogP contribution >= 0.6 is 7.26 Å². The van der Waals surface area contributed by atoms with Gasteiger partial charge in [0.1, 0.15) is 0 Å². The van der Waals surface area contributed by atoms with Crippen molar-refractivity contribution in [3.8, 4) is 0 Å². The molecule has 0 nitrogen and oxygen atoms in total. The van der Waals surface area contributed by atoms with Crippen LogP contribution in [0.1, 0.15) is 90.9 Å². The van der Waals surface area contributed by atoms with Crippen LogP contribution in [0.4, 0.5) is 0 Å². The molecule has 0 heterocycles. The highest BCUT2D eigenvalue weighted by Crippen LogP contribution is 2.73. The van der Waals surface area contributed by atoms with Gasteiger partial charge in [0.25, 0.3) is 0 Å². The Morgan fingerprint density at radius 2 is 1.05 bits per heavy atom. The molecule has 0 aliphatic heterocycles. The van der Waals surface area contributed by atoms with Crippen LogP contribution in [0.2, 0.25) is 0 Å². The molecule has 0 amide bonds. The summed E-state index contributed by atoms with van der Waals surface area (Å²) in [6.45, 7) is 4.80. The van der Waals surface area contributed by atoms with Gasteiger partial charge in [0.2, 0.25) is 0 Å². The van der Waals surface area contributed by atoms with Crippen molar-refractivity contribution in [1.29, 1.82) is 0 Å². The van der Waals surface area contributed by atoms with Crippen molar-refractivity contribution in [3.63, 3.8) is 0 Å². The minimum absolute atomic E-state index is 0.624. The smallest absolute Gasteiger partial charge is 0.0652 e. The molecule has 1 heteroatoms. The Morgan fingerprint density at radius 1 is 0.684 bits per heavy atom. The first-order valence-electron chi connectivity index (χ1n) is 9.20. The van der Waals surface area contributed by atoms with E-state index in [1.807, 2.05) is 0 Å². The molecule has 112 valence electrons. The van der Waals surface area contributed by atoms with Crippen molar-refractivity contribution in [3.05, 3.63) is 0 Å². The average molecular weight is 283 g/mol. The minimum Gasteiger partial charge on any atom is -0.0652 e. The van der Waals surface area contributed by atoms with E-state index in [1.54, 1.807) is 63.7 Å². The largest absolute Gasteiger partial charge is 0.0700 e. The molecule has 2 saturated carbocycles. The molecule has 0 aromatic rings. The lowest BCUT2D eigenvalue weighted by atomic mass is 10.3. The fourth-order valence-corrected chi connectivity index (χ4v) is 11.8. The highest BCUT2D eigenvalue weighted by Gasteiger charge is 2.51. The van der Waals surface area contributed by atoms with E-state index in [0.717, 1.165) is 0 Å². The van der Waals surface area contributed by atoms with E-state index in [4.69, 9.17) is 0 Å². The van der Waals surface area contributed by atoms with Crippen molar-refractivity contribution in [2.75, 3.05) is 12.3 Å². The molecule has 0 aromatic carbocycles. The molecule has 2 rings (SSSR count). The average Bonchev–Trinajstić information content (AvgIpc) is 3.12. The van der Waals surface area contributed by atoms with Crippen LogP contribution in [-0.2, 0) is 0 Å². The Hall–Kier alpha value is 0.430. The molecule has 0 bridgehead atoms. The Bertz CT molecular complexity index is 210. The standard InChI is InChI=1S/C18H36P/c1-3-5-15-19(16-6-4-2,17-11-7-8-12-17)18-13-9-10-14-18/h17-18H,3-16H2,1-2H3/q+1. The van der Waals surface area contributed by atoms with Crippen molar-refractivity contribution in [1.82, 2.24) is 0 Å². The van der Waals surface area contributed by atoms with E-state index in [9.17, 15) is 0 Å². The van der Waals surface area contributed by atoms with Gasteiger partial charge < -0.3 is 0 Å². The monoisotopic (exact) mass is 283 g/mol. The summed E-state index contributed by atoms with van der Waals surface area (Å²) in [5.74, 6) is 0. The fraction of sp³-hybridized carbons (Fsp3) is 1.00. The summed E-state index contributed by atoms with van der Waals surface area (Å²) in [5, 5.41) is 0. The maximum absolute atomic E-state index is 2.40. The molecule has 2 aliphatic rings. The Kier molecular flexibility index (Phi) is 6.67. The predicted molar refractivity (Wildman–Crippen MR) is 91.0 cm³/mol. The maximum Gasteiger partial charge on any atom is 0.0700 e. The van der Waals surface area contributed by atoms with Gasteiger partial charge in [-0.15, -0.1) is 0 Å². The van der Waals surface area contributed by atoms with Gasteiger partial charge in [-0.05, 0) is 64.2 Å². The summed E-state index contributed by atoms with van der Waals surface area (Å²) in [6.07, 6.45) is 21.9. The first-order chi connectivity index (χ1) is 9.33. The summed E-state index contributed by atoms with van der Waals surface area (Å²) >= 11 is 0. The minimum atomic E-state index is -0.624. The maximum atomic E-state index is 2.40. The second kappa shape index (κ2) is 8.02. The zero-order valence-corrected chi connectivity index (χ0v) is 14.4. The van der Waals surface area contributed by atoms with E-state index >= 15 is 0 Å². The topological polar surface area (TPSA) is 0 Å². The fourth-order valence-electron chi connectivity index (χ4n) is 4.88. The molecule has 0 N–H and O–H groups in total. The second-order valence-corrected chi connectivity index (χ2v) is 11.7.